The largest absolute Gasteiger partial charge is 0.497 e. The highest BCUT2D eigenvalue weighted by Gasteiger charge is 2.28. The molecule has 1 N–H and O–H groups in total. The molecule has 1 amide bonds. The highest BCUT2D eigenvalue weighted by molar-refractivity contribution is 7.99. The zero-order chi connectivity index (χ0) is 28.0. The van der Waals surface area contributed by atoms with Crippen LogP contribution in [0.15, 0.2) is 58.6 Å². The van der Waals surface area contributed by atoms with E-state index in [1.54, 1.807) is 31.4 Å². The van der Waals surface area contributed by atoms with Crippen LogP contribution in [0.25, 0.3) is 11.4 Å². The van der Waals surface area contributed by atoms with E-state index in [1.165, 1.54) is 28.9 Å². The second-order valence-electron chi connectivity index (χ2n) is 9.93. The molecule has 40 heavy (non-hydrogen) atoms. The Morgan fingerprint density at radius 1 is 1.05 bits per heavy atom. The molecule has 0 radical (unpaired) electrons. The summed E-state index contributed by atoms with van der Waals surface area (Å²) in [6, 6.07) is 14.3. The van der Waals surface area contributed by atoms with Crippen LogP contribution in [0.1, 0.15) is 44.6 Å². The van der Waals surface area contributed by atoms with Gasteiger partial charge in [-0.1, -0.05) is 55.6 Å². The molecule has 12 heteroatoms. The standard InChI is InChI=1S/C28H35N5O5S2/c1-37-24-12-7-9-22(19-24)29-26(34)20-39-28-31-30-27(33(28)23-10-4-2-3-5-11-23)21-8-6-13-25(18-21)40(35,36)32-14-16-38-17-15-32/h6-9,12-13,18-19,23H,2-5,10-11,14-17,20H2,1H3,(H,29,34). The molecular formula is C28H35N5O5S2. The van der Waals surface area contributed by atoms with Crippen LogP contribution in [0.3, 0.4) is 0 Å². The first-order valence-electron chi connectivity index (χ1n) is 13.7. The predicted molar refractivity (Wildman–Crippen MR) is 154 cm³/mol. The second kappa shape index (κ2) is 13.2. The molecule has 2 fully saturated rings. The van der Waals surface area contributed by atoms with E-state index in [2.05, 4.69) is 20.1 Å². The Bertz CT molecular complexity index is 1410. The second-order valence-corrected chi connectivity index (χ2v) is 12.8. The number of hydrogen-bond acceptors (Lipinski definition) is 8. The fraction of sp³-hybridized carbons (Fsp3) is 0.464. The molecule has 0 atom stereocenters. The van der Waals surface area contributed by atoms with Crippen molar-refractivity contribution in [3.63, 3.8) is 0 Å². The number of morpholine rings is 1. The molecule has 1 saturated carbocycles. The van der Waals surface area contributed by atoms with Gasteiger partial charge in [-0.15, -0.1) is 10.2 Å². The van der Waals surface area contributed by atoms with Gasteiger partial charge in [0.15, 0.2) is 11.0 Å². The maximum absolute atomic E-state index is 13.3. The fourth-order valence-electron chi connectivity index (χ4n) is 5.18. The molecular weight excluding hydrogens is 550 g/mol. The van der Waals surface area contributed by atoms with Gasteiger partial charge in [0.05, 0.1) is 31.0 Å². The number of carbonyl (C=O) groups is 1. The summed E-state index contributed by atoms with van der Waals surface area (Å²) in [6.07, 6.45) is 6.56. The van der Waals surface area contributed by atoms with E-state index in [1.807, 2.05) is 24.3 Å². The molecule has 1 aliphatic heterocycles. The Morgan fingerprint density at radius 3 is 2.55 bits per heavy atom. The SMILES string of the molecule is COc1cccc(NC(=O)CSc2nnc(-c3cccc(S(=O)(=O)N4CCOCC4)c3)n2C2CCCCCC2)c1. The normalized spacial score (nSPS) is 17.3. The highest BCUT2D eigenvalue weighted by Crippen LogP contribution is 2.35. The zero-order valence-electron chi connectivity index (χ0n) is 22.6. The molecule has 1 aromatic heterocycles. The van der Waals surface area contributed by atoms with Gasteiger partial charge in [-0.3, -0.25) is 9.36 Å². The summed E-state index contributed by atoms with van der Waals surface area (Å²) in [5.41, 5.74) is 1.35. The van der Waals surface area contributed by atoms with Gasteiger partial charge in [-0.2, -0.15) is 4.31 Å². The lowest BCUT2D eigenvalue weighted by Gasteiger charge is -2.26. The van der Waals surface area contributed by atoms with Gasteiger partial charge in [-0.25, -0.2) is 8.42 Å². The molecule has 3 aromatic rings. The summed E-state index contributed by atoms with van der Waals surface area (Å²) in [5, 5.41) is 12.6. The molecule has 2 aromatic carbocycles. The number of sulfonamides is 1. The molecule has 0 spiro atoms. The van der Waals surface area contributed by atoms with Gasteiger partial charge in [0.25, 0.3) is 0 Å². The van der Waals surface area contributed by atoms with Gasteiger partial charge in [0, 0.05) is 36.4 Å². The number of nitrogens with one attached hydrogen (secondary N) is 1. The monoisotopic (exact) mass is 585 g/mol. The van der Waals surface area contributed by atoms with Crippen molar-refractivity contribution in [2.45, 2.75) is 54.6 Å². The molecule has 2 heterocycles. The Morgan fingerprint density at radius 2 is 1.80 bits per heavy atom. The number of hydrogen-bond donors (Lipinski definition) is 1. The fourth-order valence-corrected chi connectivity index (χ4v) is 7.44. The van der Waals surface area contributed by atoms with Crippen molar-refractivity contribution < 1.29 is 22.7 Å². The molecule has 10 nitrogen and oxygen atoms in total. The molecule has 1 aliphatic carbocycles. The first-order valence-corrected chi connectivity index (χ1v) is 16.1. The zero-order valence-corrected chi connectivity index (χ0v) is 24.3. The number of thioether (sulfide) groups is 1. The molecule has 0 unspecified atom stereocenters. The van der Waals surface area contributed by atoms with E-state index >= 15 is 0 Å². The lowest BCUT2D eigenvalue weighted by atomic mass is 10.1. The lowest BCUT2D eigenvalue weighted by Crippen LogP contribution is -2.40. The number of carbonyl (C=O) groups excluding carboxylic acids is 1. The highest BCUT2D eigenvalue weighted by atomic mass is 32.2. The molecule has 2 aliphatic rings. The van der Waals surface area contributed by atoms with E-state index in [4.69, 9.17) is 9.47 Å². The Kier molecular flexibility index (Phi) is 9.40. The van der Waals surface area contributed by atoms with Gasteiger partial charge < -0.3 is 14.8 Å². The van der Waals surface area contributed by atoms with Crippen LogP contribution in [0.2, 0.25) is 0 Å². The van der Waals surface area contributed by atoms with Crippen LogP contribution in [0.5, 0.6) is 5.75 Å². The van der Waals surface area contributed by atoms with Crippen molar-refractivity contribution in [1.29, 1.82) is 0 Å². The van der Waals surface area contributed by atoms with Crippen molar-refractivity contribution in [2.24, 2.45) is 0 Å². The average Bonchev–Trinajstić information content (AvgIpc) is 3.22. The van der Waals surface area contributed by atoms with Crippen LogP contribution in [0.4, 0.5) is 5.69 Å². The van der Waals surface area contributed by atoms with E-state index in [9.17, 15) is 13.2 Å². The number of benzene rings is 2. The summed E-state index contributed by atoms with van der Waals surface area (Å²) < 4.78 is 40.9. The average molecular weight is 586 g/mol. The van der Waals surface area contributed by atoms with Crippen molar-refractivity contribution in [3.8, 4) is 17.1 Å². The number of amides is 1. The minimum absolute atomic E-state index is 0.158. The maximum atomic E-state index is 13.3. The maximum Gasteiger partial charge on any atom is 0.243 e. The van der Waals surface area contributed by atoms with Crippen molar-refractivity contribution in [2.75, 3.05) is 44.5 Å². The first kappa shape index (κ1) is 28.6. The van der Waals surface area contributed by atoms with Crippen molar-refractivity contribution in [3.05, 3.63) is 48.5 Å². The smallest absolute Gasteiger partial charge is 0.243 e. The van der Waals surface area contributed by atoms with Crippen molar-refractivity contribution in [1.82, 2.24) is 19.1 Å². The summed E-state index contributed by atoms with van der Waals surface area (Å²) in [4.78, 5) is 13.0. The Hall–Kier alpha value is -2.93. The number of aromatic nitrogens is 3. The van der Waals surface area contributed by atoms with Crippen LogP contribution < -0.4 is 10.1 Å². The van der Waals surface area contributed by atoms with Crippen LogP contribution in [0, 0.1) is 0 Å². The predicted octanol–water partition coefficient (Wildman–Crippen LogP) is 4.60. The summed E-state index contributed by atoms with van der Waals surface area (Å²) in [7, 11) is -2.07. The number of methoxy groups -OCH3 is 1. The molecule has 1 saturated heterocycles. The van der Waals surface area contributed by atoms with Crippen LogP contribution >= 0.6 is 11.8 Å². The summed E-state index contributed by atoms with van der Waals surface area (Å²) in [6.45, 7) is 1.45. The van der Waals surface area contributed by atoms with Gasteiger partial charge in [-0.05, 0) is 37.1 Å². The third-order valence-corrected chi connectivity index (χ3v) is 10.1. The Balaban J connectivity index is 1.40. The molecule has 5 rings (SSSR count). The van der Waals surface area contributed by atoms with E-state index in [-0.39, 0.29) is 22.6 Å². The first-order chi connectivity index (χ1) is 19.5. The quantitative estimate of drug-likeness (QED) is 0.286. The molecule has 214 valence electrons. The van der Waals surface area contributed by atoms with Gasteiger partial charge in [0.2, 0.25) is 15.9 Å². The Labute approximate surface area is 239 Å². The lowest BCUT2D eigenvalue weighted by molar-refractivity contribution is -0.113. The van der Waals surface area contributed by atoms with E-state index in [0.29, 0.717) is 54.3 Å². The van der Waals surface area contributed by atoms with E-state index < -0.39 is 10.0 Å². The van der Waals surface area contributed by atoms with Crippen molar-refractivity contribution >= 4 is 33.4 Å². The van der Waals surface area contributed by atoms with Crippen LogP contribution in [-0.4, -0.2) is 72.6 Å². The number of ether oxygens (including phenoxy) is 2. The summed E-state index contributed by atoms with van der Waals surface area (Å²) in [5.74, 6) is 1.30. The van der Waals surface area contributed by atoms with Crippen LogP contribution in [-0.2, 0) is 19.6 Å². The minimum atomic E-state index is -3.66. The number of anilines is 1. The number of nitrogens with zero attached hydrogens (tertiary/aromatic N) is 4. The summed E-state index contributed by atoms with van der Waals surface area (Å²) >= 11 is 1.34. The van der Waals surface area contributed by atoms with E-state index in [0.717, 1.165) is 25.7 Å². The third-order valence-electron chi connectivity index (χ3n) is 7.24. The number of rotatable bonds is 9. The van der Waals surface area contributed by atoms with Gasteiger partial charge >= 0.3 is 0 Å². The molecule has 0 bridgehead atoms. The minimum Gasteiger partial charge on any atom is -0.497 e. The third kappa shape index (κ3) is 6.68. The van der Waals surface area contributed by atoms with Gasteiger partial charge in [0.1, 0.15) is 5.75 Å². The topological polar surface area (TPSA) is 116 Å².